The molecule has 0 unspecified atom stereocenters. The molecule has 1 aliphatic rings. The van der Waals surface area contributed by atoms with Gasteiger partial charge in [-0.2, -0.15) is 14.5 Å². The molecule has 4 rings (SSSR count). The molecule has 1 aliphatic carbocycles. The van der Waals surface area contributed by atoms with Gasteiger partial charge in [0.25, 0.3) is 0 Å². The monoisotopic (exact) mass is 326 g/mol. The lowest BCUT2D eigenvalue weighted by Gasteiger charge is -2.02. The third-order valence-corrected chi connectivity index (χ3v) is 4.69. The summed E-state index contributed by atoms with van der Waals surface area (Å²) < 4.78 is 6.61. The highest BCUT2D eigenvalue weighted by atomic mass is 32.1. The molecule has 0 aliphatic heterocycles. The van der Waals surface area contributed by atoms with Gasteiger partial charge in [-0.05, 0) is 44.7 Å². The number of hydrogen-bond acceptors (Lipinski definition) is 6. The van der Waals surface area contributed by atoms with Crippen molar-refractivity contribution >= 4 is 22.5 Å². The van der Waals surface area contributed by atoms with Crippen LogP contribution in [0.2, 0.25) is 0 Å². The second-order valence-corrected chi connectivity index (χ2v) is 6.69. The Morgan fingerprint density at radius 2 is 2.17 bits per heavy atom. The van der Waals surface area contributed by atoms with Gasteiger partial charge in [0.15, 0.2) is 5.82 Å². The van der Waals surface area contributed by atoms with Crippen LogP contribution in [0.4, 0.5) is 10.9 Å². The Balaban J connectivity index is 1.60. The second kappa shape index (κ2) is 5.73. The van der Waals surface area contributed by atoms with Crippen LogP contribution in [0, 0.1) is 19.8 Å². The van der Waals surface area contributed by atoms with E-state index in [1.54, 1.807) is 6.20 Å². The lowest BCUT2D eigenvalue weighted by molar-refractivity contribution is 0.547. The Morgan fingerprint density at radius 1 is 1.30 bits per heavy atom. The van der Waals surface area contributed by atoms with Crippen LogP contribution in [-0.2, 0) is 6.54 Å². The van der Waals surface area contributed by atoms with Crippen LogP contribution in [-0.4, -0.2) is 24.1 Å². The van der Waals surface area contributed by atoms with Crippen LogP contribution in [0.25, 0.3) is 11.4 Å². The molecule has 3 aromatic heterocycles. The number of aryl methyl sites for hydroxylation is 1. The van der Waals surface area contributed by atoms with Crippen molar-refractivity contribution in [2.24, 2.45) is 5.92 Å². The van der Waals surface area contributed by atoms with Gasteiger partial charge < -0.3 is 5.32 Å². The first-order valence-electron chi connectivity index (χ1n) is 7.77. The molecule has 118 valence electrons. The quantitative estimate of drug-likeness (QED) is 0.776. The largest absolute Gasteiger partial charge is 0.315 e. The minimum absolute atomic E-state index is 0.741. The van der Waals surface area contributed by atoms with Crippen molar-refractivity contribution in [3.05, 3.63) is 35.8 Å². The molecule has 1 fully saturated rings. The molecule has 23 heavy (non-hydrogen) atoms. The zero-order valence-corrected chi connectivity index (χ0v) is 14.0. The minimum Gasteiger partial charge on any atom is -0.315 e. The zero-order chi connectivity index (χ0) is 15.8. The number of rotatable bonds is 5. The third kappa shape index (κ3) is 2.96. The van der Waals surface area contributed by atoms with Gasteiger partial charge in [0.1, 0.15) is 5.82 Å². The summed E-state index contributed by atoms with van der Waals surface area (Å²) in [5.41, 5.74) is 3.19. The molecule has 0 radical (unpaired) electrons. The van der Waals surface area contributed by atoms with Gasteiger partial charge in [0, 0.05) is 30.0 Å². The van der Waals surface area contributed by atoms with Gasteiger partial charge in [0.05, 0.1) is 11.3 Å². The van der Waals surface area contributed by atoms with Crippen molar-refractivity contribution in [2.75, 3.05) is 5.32 Å². The van der Waals surface area contributed by atoms with E-state index in [0.717, 1.165) is 46.2 Å². The fourth-order valence-corrected chi connectivity index (χ4v) is 3.25. The van der Waals surface area contributed by atoms with Crippen LogP contribution in [0.1, 0.15) is 24.2 Å². The molecule has 0 atom stereocenters. The summed E-state index contributed by atoms with van der Waals surface area (Å²) in [6.07, 6.45) is 4.39. The van der Waals surface area contributed by atoms with Crippen molar-refractivity contribution in [1.82, 2.24) is 24.1 Å². The van der Waals surface area contributed by atoms with Crippen molar-refractivity contribution in [3.63, 3.8) is 0 Å². The van der Waals surface area contributed by atoms with E-state index >= 15 is 0 Å². The first-order chi connectivity index (χ1) is 11.2. The van der Waals surface area contributed by atoms with Crippen LogP contribution in [0.3, 0.4) is 0 Å². The molecule has 1 N–H and O–H groups in total. The molecule has 6 nitrogen and oxygen atoms in total. The van der Waals surface area contributed by atoms with E-state index < -0.39 is 0 Å². The van der Waals surface area contributed by atoms with Gasteiger partial charge >= 0.3 is 0 Å². The maximum atomic E-state index is 4.67. The zero-order valence-electron chi connectivity index (χ0n) is 13.2. The fraction of sp³-hybridized carbons (Fsp3) is 0.375. The highest BCUT2D eigenvalue weighted by Gasteiger charge is 2.25. The minimum atomic E-state index is 0.741. The van der Waals surface area contributed by atoms with Crippen LogP contribution < -0.4 is 5.32 Å². The molecule has 1 saturated carbocycles. The topological polar surface area (TPSA) is 68.5 Å². The van der Waals surface area contributed by atoms with E-state index in [-0.39, 0.29) is 0 Å². The standard InChI is InChI=1S/C16H18N6S/c1-10-14(11(2)22(20-10)9-12-6-7-12)15-19-16(23-21-15)18-13-5-3-4-8-17-13/h3-5,8,12H,6-7,9H2,1-2H3,(H,17,18,19,21). The smallest absolute Gasteiger partial charge is 0.208 e. The molecule has 0 aromatic carbocycles. The molecule has 0 spiro atoms. The maximum Gasteiger partial charge on any atom is 0.208 e. The molecule has 0 saturated heterocycles. The first kappa shape index (κ1) is 14.3. The number of nitrogens with one attached hydrogen (secondary N) is 1. The highest BCUT2D eigenvalue weighted by Crippen LogP contribution is 2.33. The number of anilines is 2. The molecular formula is C16H18N6S. The molecular weight excluding hydrogens is 308 g/mol. The number of nitrogens with zero attached hydrogens (tertiary/aromatic N) is 5. The SMILES string of the molecule is Cc1nn(CC2CC2)c(C)c1-c1nsc(Nc2ccccn2)n1. The summed E-state index contributed by atoms with van der Waals surface area (Å²) in [5.74, 6) is 2.31. The Kier molecular flexibility index (Phi) is 3.57. The van der Waals surface area contributed by atoms with Crippen molar-refractivity contribution in [1.29, 1.82) is 0 Å². The van der Waals surface area contributed by atoms with Crippen molar-refractivity contribution in [3.8, 4) is 11.4 Å². The van der Waals surface area contributed by atoms with Gasteiger partial charge in [-0.25, -0.2) is 4.98 Å². The molecule has 0 bridgehead atoms. The van der Waals surface area contributed by atoms with E-state index in [0.29, 0.717) is 0 Å². The summed E-state index contributed by atoms with van der Waals surface area (Å²) >= 11 is 1.34. The summed E-state index contributed by atoms with van der Waals surface area (Å²) in [6, 6.07) is 5.73. The van der Waals surface area contributed by atoms with E-state index in [4.69, 9.17) is 0 Å². The van der Waals surface area contributed by atoms with Crippen molar-refractivity contribution < 1.29 is 0 Å². The predicted octanol–water partition coefficient (Wildman–Crippen LogP) is 3.57. The Bertz CT molecular complexity index is 818. The average molecular weight is 326 g/mol. The predicted molar refractivity (Wildman–Crippen MR) is 90.8 cm³/mol. The average Bonchev–Trinajstić information content (AvgIpc) is 3.18. The number of hydrogen-bond donors (Lipinski definition) is 1. The van der Waals surface area contributed by atoms with Gasteiger partial charge in [0.2, 0.25) is 5.13 Å². The van der Waals surface area contributed by atoms with E-state index in [9.17, 15) is 0 Å². The van der Waals surface area contributed by atoms with Crippen LogP contribution >= 0.6 is 11.5 Å². The Labute approximate surface area is 138 Å². The summed E-state index contributed by atoms with van der Waals surface area (Å²) in [6.45, 7) is 5.14. The summed E-state index contributed by atoms with van der Waals surface area (Å²) in [5, 5.41) is 8.60. The van der Waals surface area contributed by atoms with Gasteiger partial charge in [-0.3, -0.25) is 4.68 Å². The molecule has 0 amide bonds. The lowest BCUT2D eigenvalue weighted by Crippen LogP contribution is -2.04. The van der Waals surface area contributed by atoms with Gasteiger partial charge in [-0.15, -0.1) is 0 Å². The van der Waals surface area contributed by atoms with E-state index in [1.165, 1.54) is 24.4 Å². The highest BCUT2D eigenvalue weighted by molar-refractivity contribution is 7.09. The van der Waals surface area contributed by atoms with Crippen LogP contribution in [0.15, 0.2) is 24.4 Å². The summed E-state index contributed by atoms with van der Waals surface area (Å²) in [7, 11) is 0. The fourth-order valence-electron chi connectivity index (χ4n) is 2.67. The normalized spacial score (nSPS) is 14.2. The first-order valence-corrected chi connectivity index (χ1v) is 8.54. The Morgan fingerprint density at radius 3 is 2.91 bits per heavy atom. The third-order valence-electron chi connectivity index (χ3n) is 4.06. The van der Waals surface area contributed by atoms with E-state index in [2.05, 4.69) is 36.4 Å². The maximum absolute atomic E-state index is 4.67. The Hall–Kier alpha value is -2.28. The number of pyridine rings is 1. The number of aromatic nitrogens is 5. The molecule has 3 aromatic rings. The summed E-state index contributed by atoms with van der Waals surface area (Å²) in [4.78, 5) is 8.85. The molecule has 7 heteroatoms. The van der Waals surface area contributed by atoms with Crippen molar-refractivity contribution in [2.45, 2.75) is 33.2 Å². The van der Waals surface area contributed by atoms with Gasteiger partial charge in [-0.1, -0.05) is 6.07 Å². The van der Waals surface area contributed by atoms with E-state index in [1.807, 2.05) is 25.1 Å². The molecule has 3 heterocycles. The lowest BCUT2D eigenvalue weighted by atomic mass is 10.2. The van der Waals surface area contributed by atoms with Crippen LogP contribution in [0.5, 0.6) is 0 Å². The second-order valence-electron chi connectivity index (χ2n) is 5.93.